The fourth-order valence-electron chi connectivity index (χ4n) is 2.06. The van der Waals surface area contributed by atoms with Gasteiger partial charge in [0.2, 0.25) is 5.95 Å². The van der Waals surface area contributed by atoms with Crippen molar-refractivity contribution in [3.8, 4) is 0 Å². The Bertz CT molecular complexity index is 672. The Morgan fingerprint density at radius 2 is 2.09 bits per heavy atom. The first kappa shape index (κ1) is 16.6. The van der Waals surface area contributed by atoms with Gasteiger partial charge in [0.1, 0.15) is 5.69 Å². The van der Waals surface area contributed by atoms with Crippen LogP contribution in [0.5, 0.6) is 0 Å². The van der Waals surface area contributed by atoms with Gasteiger partial charge in [-0.1, -0.05) is 6.08 Å². The number of aromatic nitrogens is 3. The number of nitrogens with zero attached hydrogens (tertiary/aromatic N) is 4. The van der Waals surface area contributed by atoms with Crippen molar-refractivity contribution in [3.63, 3.8) is 0 Å². The van der Waals surface area contributed by atoms with E-state index in [1.807, 2.05) is 19.1 Å². The highest BCUT2D eigenvalue weighted by molar-refractivity contribution is 5.92. The standard InChI is InChI=1S/C17H21N5O/c1-4-8-19-17-20-13(2)12-15(21-17)16(23)22(3)11-7-14-5-9-18-10-6-14/h4-6,9-10,12H,1,7-8,11H2,2-3H3,(H,19,20,21). The molecule has 2 heterocycles. The Balaban J connectivity index is 2.03. The minimum atomic E-state index is -0.119. The number of hydrogen-bond donors (Lipinski definition) is 1. The van der Waals surface area contributed by atoms with Gasteiger partial charge in [-0.3, -0.25) is 9.78 Å². The van der Waals surface area contributed by atoms with Crippen LogP contribution in [0.1, 0.15) is 21.7 Å². The van der Waals surface area contributed by atoms with Crippen LogP contribution in [0.2, 0.25) is 0 Å². The van der Waals surface area contributed by atoms with E-state index < -0.39 is 0 Å². The summed E-state index contributed by atoms with van der Waals surface area (Å²) in [5, 5.41) is 3.01. The van der Waals surface area contributed by atoms with Crippen LogP contribution < -0.4 is 5.32 Å². The van der Waals surface area contributed by atoms with Gasteiger partial charge in [-0.15, -0.1) is 6.58 Å². The second kappa shape index (κ2) is 8.03. The second-order valence-electron chi connectivity index (χ2n) is 5.22. The summed E-state index contributed by atoms with van der Waals surface area (Å²) in [6.07, 6.45) is 6.00. The molecular formula is C17H21N5O. The van der Waals surface area contributed by atoms with Crippen LogP contribution in [0.15, 0.2) is 43.2 Å². The van der Waals surface area contributed by atoms with E-state index in [1.165, 1.54) is 0 Å². The fraction of sp³-hybridized carbons (Fsp3) is 0.294. The lowest BCUT2D eigenvalue weighted by molar-refractivity contribution is 0.0790. The van der Waals surface area contributed by atoms with Crippen LogP contribution >= 0.6 is 0 Å². The maximum absolute atomic E-state index is 12.5. The van der Waals surface area contributed by atoms with Crippen molar-refractivity contribution >= 4 is 11.9 Å². The number of aryl methyl sites for hydroxylation is 1. The van der Waals surface area contributed by atoms with Crippen LogP contribution in [-0.2, 0) is 6.42 Å². The molecule has 6 heteroatoms. The predicted octanol–water partition coefficient (Wildman–Crippen LogP) is 2.09. The molecular weight excluding hydrogens is 290 g/mol. The Hall–Kier alpha value is -2.76. The normalized spacial score (nSPS) is 10.2. The summed E-state index contributed by atoms with van der Waals surface area (Å²) >= 11 is 0. The van der Waals surface area contributed by atoms with Crippen molar-refractivity contribution in [2.75, 3.05) is 25.5 Å². The highest BCUT2D eigenvalue weighted by Gasteiger charge is 2.15. The molecule has 0 saturated heterocycles. The average molecular weight is 311 g/mol. The topological polar surface area (TPSA) is 71.0 Å². The van der Waals surface area contributed by atoms with Gasteiger partial charge in [0.05, 0.1) is 0 Å². The first-order chi connectivity index (χ1) is 11.1. The number of hydrogen-bond acceptors (Lipinski definition) is 5. The minimum absolute atomic E-state index is 0.119. The predicted molar refractivity (Wildman–Crippen MR) is 90.4 cm³/mol. The maximum atomic E-state index is 12.5. The minimum Gasteiger partial charge on any atom is -0.351 e. The third kappa shape index (κ3) is 4.88. The van der Waals surface area contributed by atoms with Crippen molar-refractivity contribution in [1.29, 1.82) is 0 Å². The lowest BCUT2D eigenvalue weighted by Crippen LogP contribution is -2.30. The molecule has 0 aliphatic heterocycles. The monoisotopic (exact) mass is 311 g/mol. The lowest BCUT2D eigenvalue weighted by Gasteiger charge is -2.17. The third-order valence-electron chi connectivity index (χ3n) is 3.31. The molecule has 0 spiro atoms. The van der Waals surface area contributed by atoms with Gasteiger partial charge >= 0.3 is 0 Å². The van der Waals surface area contributed by atoms with Gasteiger partial charge in [-0.05, 0) is 37.1 Å². The summed E-state index contributed by atoms with van der Waals surface area (Å²) in [5.41, 5.74) is 2.28. The maximum Gasteiger partial charge on any atom is 0.272 e. The lowest BCUT2D eigenvalue weighted by atomic mass is 10.2. The molecule has 0 aliphatic carbocycles. The van der Waals surface area contributed by atoms with E-state index >= 15 is 0 Å². The summed E-state index contributed by atoms with van der Waals surface area (Å²) in [6.45, 7) is 6.64. The van der Waals surface area contributed by atoms with Crippen LogP contribution in [0.25, 0.3) is 0 Å². The average Bonchev–Trinajstić information content (AvgIpc) is 2.57. The highest BCUT2D eigenvalue weighted by atomic mass is 16.2. The molecule has 1 N–H and O–H groups in total. The molecule has 6 nitrogen and oxygen atoms in total. The molecule has 0 bridgehead atoms. The van der Waals surface area contributed by atoms with Crippen LogP contribution in [-0.4, -0.2) is 45.9 Å². The molecule has 0 saturated carbocycles. The molecule has 23 heavy (non-hydrogen) atoms. The molecule has 2 aromatic rings. The molecule has 0 radical (unpaired) electrons. The van der Waals surface area contributed by atoms with E-state index in [1.54, 1.807) is 36.5 Å². The fourth-order valence-corrected chi connectivity index (χ4v) is 2.06. The highest BCUT2D eigenvalue weighted by Crippen LogP contribution is 2.08. The first-order valence-electron chi connectivity index (χ1n) is 7.45. The summed E-state index contributed by atoms with van der Waals surface area (Å²) in [7, 11) is 1.78. The number of carbonyl (C=O) groups excluding carboxylic acids is 1. The first-order valence-corrected chi connectivity index (χ1v) is 7.45. The SMILES string of the molecule is C=CCNc1nc(C)cc(C(=O)N(C)CCc2ccncc2)n1. The van der Waals surface area contributed by atoms with Crippen LogP contribution in [0, 0.1) is 6.92 Å². The number of anilines is 1. The van der Waals surface area contributed by atoms with E-state index in [-0.39, 0.29) is 5.91 Å². The van der Waals surface area contributed by atoms with Crippen molar-refractivity contribution in [2.45, 2.75) is 13.3 Å². The van der Waals surface area contributed by atoms with E-state index in [0.29, 0.717) is 24.7 Å². The van der Waals surface area contributed by atoms with E-state index in [9.17, 15) is 4.79 Å². The summed E-state index contributed by atoms with van der Waals surface area (Å²) in [5.74, 6) is 0.321. The van der Waals surface area contributed by atoms with E-state index in [2.05, 4.69) is 26.8 Å². The van der Waals surface area contributed by atoms with Gasteiger partial charge in [0.15, 0.2) is 0 Å². The van der Waals surface area contributed by atoms with E-state index in [4.69, 9.17) is 0 Å². The smallest absolute Gasteiger partial charge is 0.272 e. The number of pyridine rings is 1. The quantitative estimate of drug-likeness (QED) is 0.793. The van der Waals surface area contributed by atoms with Crippen molar-refractivity contribution < 1.29 is 4.79 Å². The zero-order valence-corrected chi connectivity index (χ0v) is 13.5. The Labute approximate surface area is 136 Å². The van der Waals surface area contributed by atoms with Crippen molar-refractivity contribution in [1.82, 2.24) is 19.9 Å². The van der Waals surface area contributed by atoms with Gasteiger partial charge in [-0.2, -0.15) is 0 Å². The van der Waals surface area contributed by atoms with Gasteiger partial charge < -0.3 is 10.2 Å². The summed E-state index contributed by atoms with van der Waals surface area (Å²) in [4.78, 5) is 26.7. The largest absolute Gasteiger partial charge is 0.351 e. The number of nitrogens with one attached hydrogen (secondary N) is 1. The number of rotatable bonds is 7. The van der Waals surface area contributed by atoms with Crippen LogP contribution in [0.3, 0.4) is 0 Å². The molecule has 1 amide bonds. The molecule has 0 fully saturated rings. The molecule has 2 aromatic heterocycles. The number of carbonyl (C=O) groups is 1. The zero-order chi connectivity index (χ0) is 16.7. The van der Waals surface area contributed by atoms with Gasteiger partial charge in [0.25, 0.3) is 5.91 Å². The molecule has 0 atom stereocenters. The summed E-state index contributed by atoms with van der Waals surface area (Å²) in [6, 6.07) is 5.60. The summed E-state index contributed by atoms with van der Waals surface area (Å²) < 4.78 is 0. The van der Waals surface area contributed by atoms with Gasteiger partial charge in [-0.25, -0.2) is 9.97 Å². The number of amides is 1. The Kier molecular flexibility index (Phi) is 5.80. The second-order valence-corrected chi connectivity index (χ2v) is 5.22. The van der Waals surface area contributed by atoms with Crippen molar-refractivity contribution in [2.24, 2.45) is 0 Å². The molecule has 0 aromatic carbocycles. The molecule has 2 rings (SSSR count). The van der Waals surface area contributed by atoms with Crippen LogP contribution in [0.4, 0.5) is 5.95 Å². The van der Waals surface area contributed by atoms with Crippen molar-refractivity contribution in [3.05, 3.63) is 60.2 Å². The van der Waals surface area contributed by atoms with E-state index in [0.717, 1.165) is 17.7 Å². The molecule has 0 aliphatic rings. The molecule has 0 unspecified atom stereocenters. The Morgan fingerprint density at radius 3 is 2.78 bits per heavy atom. The Morgan fingerprint density at radius 1 is 1.35 bits per heavy atom. The van der Waals surface area contributed by atoms with Gasteiger partial charge in [0, 0.05) is 38.2 Å². The molecule has 120 valence electrons. The number of likely N-dealkylation sites (N-methyl/N-ethyl adjacent to an activating group) is 1. The zero-order valence-electron chi connectivity index (χ0n) is 13.5. The third-order valence-corrected chi connectivity index (χ3v) is 3.31.